The van der Waals surface area contributed by atoms with Crippen molar-refractivity contribution in [2.45, 2.75) is 6.67 Å². The average Bonchev–Trinajstić information content (AvgIpc) is 2.81. The van der Waals surface area contributed by atoms with Gasteiger partial charge in [0.2, 0.25) is 0 Å². The van der Waals surface area contributed by atoms with Gasteiger partial charge in [0, 0.05) is 6.07 Å². The van der Waals surface area contributed by atoms with E-state index in [2.05, 4.69) is 20.6 Å². The first-order valence-electron chi connectivity index (χ1n) is 5.42. The number of H-pyrrole nitrogens is 1. The second-order valence-electron chi connectivity index (χ2n) is 3.69. The van der Waals surface area contributed by atoms with Gasteiger partial charge in [-0.1, -0.05) is 23.4 Å². The number of anilines is 1. The van der Waals surface area contributed by atoms with Crippen LogP contribution in [-0.4, -0.2) is 15.0 Å². The second-order valence-corrected chi connectivity index (χ2v) is 3.69. The van der Waals surface area contributed by atoms with Crippen LogP contribution >= 0.6 is 0 Å². The summed E-state index contributed by atoms with van der Waals surface area (Å²) in [5.41, 5.74) is 1.93. The quantitative estimate of drug-likeness (QED) is 0.732. The van der Waals surface area contributed by atoms with Crippen molar-refractivity contribution in [3.63, 3.8) is 0 Å². The number of nitrogens with one attached hydrogen (secondary N) is 2. The first kappa shape index (κ1) is 9.77. The molecule has 0 saturated heterocycles. The lowest BCUT2D eigenvalue weighted by Gasteiger charge is -1.99. The Hall–Kier alpha value is -2.43. The minimum Gasteiger partial charge on any atom is -0.254 e. The number of rotatable bonds is 3. The molecule has 2 aromatic heterocycles. The summed E-state index contributed by atoms with van der Waals surface area (Å²) < 4.78 is 1.83. The molecule has 2 N–H and O–H groups in total. The normalized spacial score (nSPS) is 10.6. The van der Waals surface area contributed by atoms with Gasteiger partial charge in [-0.2, -0.15) is 0 Å². The first-order valence-corrected chi connectivity index (χ1v) is 5.42. The molecule has 1 aromatic carbocycles. The predicted molar refractivity (Wildman–Crippen MR) is 64.1 cm³/mol. The maximum Gasteiger partial charge on any atom is 0.273 e. The van der Waals surface area contributed by atoms with E-state index in [1.807, 2.05) is 53.3 Å². The summed E-state index contributed by atoms with van der Waals surface area (Å²) >= 11 is 0. The molecule has 0 amide bonds. The summed E-state index contributed by atoms with van der Waals surface area (Å²) in [5, 5.41) is 11.4. The SMILES string of the molecule is c1ccc(NCn2nnc3ccccc32)[nH+]c1. The van der Waals surface area contributed by atoms with Crippen LogP contribution < -0.4 is 10.3 Å². The van der Waals surface area contributed by atoms with E-state index in [-0.39, 0.29) is 0 Å². The highest BCUT2D eigenvalue weighted by Crippen LogP contribution is 2.09. The smallest absolute Gasteiger partial charge is 0.254 e. The van der Waals surface area contributed by atoms with E-state index >= 15 is 0 Å². The van der Waals surface area contributed by atoms with Gasteiger partial charge >= 0.3 is 0 Å². The van der Waals surface area contributed by atoms with Crippen molar-refractivity contribution in [3.05, 3.63) is 48.7 Å². The third kappa shape index (κ3) is 1.94. The molecular formula is C12H12N5+. The molecule has 5 nitrogen and oxygen atoms in total. The summed E-state index contributed by atoms with van der Waals surface area (Å²) in [5.74, 6) is 0.951. The molecule has 0 bridgehead atoms. The fourth-order valence-electron chi connectivity index (χ4n) is 1.70. The fraction of sp³-hybridized carbons (Fsp3) is 0.0833. The van der Waals surface area contributed by atoms with Gasteiger partial charge in [-0.25, -0.2) is 9.67 Å². The Morgan fingerprint density at radius 3 is 2.88 bits per heavy atom. The standard InChI is InChI=1S/C12H11N5/c1-2-6-11-10(5-1)15-16-17(11)9-14-12-7-3-4-8-13-12/h1-8H,9H2,(H,13,14)/p+1. The van der Waals surface area contributed by atoms with Crippen LogP contribution in [0.1, 0.15) is 0 Å². The summed E-state index contributed by atoms with van der Waals surface area (Å²) in [6.07, 6.45) is 1.88. The Kier molecular flexibility index (Phi) is 2.42. The highest BCUT2D eigenvalue weighted by molar-refractivity contribution is 5.73. The maximum atomic E-state index is 4.10. The third-order valence-electron chi connectivity index (χ3n) is 2.55. The fourth-order valence-corrected chi connectivity index (χ4v) is 1.70. The molecule has 0 fully saturated rings. The van der Waals surface area contributed by atoms with Crippen LogP contribution in [0.5, 0.6) is 0 Å². The average molecular weight is 226 g/mol. The number of hydrogen-bond acceptors (Lipinski definition) is 3. The van der Waals surface area contributed by atoms with Crippen LogP contribution in [-0.2, 0) is 6.67 Å². The molecule has 17 heavy (non-hydrogen) atoms. The zero-order valence-corrected chi connectivity index (χ0v) is 9.17. The van der Waals surface area contributed by atoms with Crippen molar-refractivity contribution in [2.24, 2.45) is 0 Å². The van der Waals surface area contributed by atoms with Crippen LogP contribution in [0.4, 0.5) is 5.82 Å². The van der Waals surface area contributed by atoms with Crippen LogP contribution in [0.2, 0.25) is 0 Å². The van der Waals surface area contributed by atoms with Gasteiger partial charge < -0.3 is 0 Å². The lowest BCUT2D eigenvalue weighted by molar-refractivity contribution is -0.361. The Balaban J connectivity index is 1.82. The van der Waals surface area contributed by atoms with E-state index in [0.29, 0.717) is 6.67 Å². The third-order valence-corrected chi connectivity index (χ3v) is 2.55. The summed E-state index contributed by atoms with van der Waals surface area (Å²) in [7, 11) is 0. The molecule has 0 aliphatic rings. The van der Waals surface area contributed by atoms with Gasteiger partial charge in [0.25, 0.3) is 5.82 Å². The molecule has 5 heteroatoms. The monoisotopic (exact) mass is 226 g/mol. The van der Waals surface area contributed by atoms with Crippen molar-refractivity contribution in [1.29, 1.82) is 0 Å². The Morgan fingerprint density at radius 2 is 2.00 bits per heavy atom. The van der Waals surface area contributed by atoms with E-state index in [1.165, 1.54) is 0 Å². The molecule has 0 radical (unpaired) electrons. The summed E-state index contributed by atoms with van der Waals surface area (Å²) in [6, 6.07) is 13.8. The maximum absolute atomic E-state index is 4.10. The summed E-state index contributed by atoms with van der Waals surface area (Å²) in [6.45, 7) is 0.584. The molecule has 2 heterocycles. The Morgan fingerprint density at radius 1 is 1.12 bits per heavy atom. The highest BCUT2D eigenvalue weighted by atomic mass is 15.5. The Bertz CT molecular complexity index is 617. The number of aromatic amines is 1. The number of para-hydroxylation sites is 1. The first-order chi connectivity index (χ1) is 8.43. The minimum absolute atomic E-state index is 0.584. The van der Waals surface area contributed by atoms with Crippen LogP contribution in [0.15, 0.2) is 48.7 Å². The van der Waals surface area contributed by atoms with Crippen LogP contribution in [0.3, 0.4) is 0 Å². The molecule has 0 atom stereocenters. The highest BCUT2D eigenvalue weighted by Gasteiger charge is 2.05. The molecule has 3 rings (SSSR count). The predicted octanol–water partition coefficient (Wildman–Crippen LogP) is 1.31. The summed E-state index contributed by atoms with van der Waals surface area (Å²) in [4.78, 5) is 3.11. The molecule has 3 aromatic rings. The largest absolute Gasteiger partial charge is 0.273 e. The van der Waals surface area contributed by atoms with Gasteiger partial charge in [0.05, 0.1) is 11.7 Å². The number of pyridine rings is 1. The van der Waals surface area contributed by atoms with Crippen LogP contribution in [0.25, 0.3) is 11.0 Å². The zero-order valence-electron chi connectivity index (χ0n) is 9.17. The molecule has 0 saturated carbocycles. The van der Waals surface area contributed by atoms with Gasteiger partial charge in [0.1, 0.15) is 5.52 Å². The van der Waals surface area contributed by atoms with E-state index < -0.39 is 0 Å². The number of nitrogens with zero attached hydrogens (tertiary/aromatic N) is 3. The molecular weight excluding hydrogens is 214 g/mol. The van der Waals surface area contributed by atoms with Crippen LogP contribution in [0, 0.1) is 0 Å². The van der Waals surface area contributed by atoms with Crippen molar-refractivity contribution in [2.75, 3.05) is 5.32 Å². The molecule has 0 unspecified atom stereocenters. The molecule has 84 valence electrons. The van der Waals surface area contributed by atoms with E-state index in [4.69, 9.17) is 0 Å². The van der Waals surface area contributed by atoms with Gasteiger partial charge in [-0.3, -0.25) is 5.32 Å². The second kappa shape index (κ2) is 4.21. The van der Waals surface area contributed by atoms with Crippen molar-refractivity contribution in [1.82, 2.24) is 15.0 Å². The van der Waals surface area contributed by atoms with E-state index in [9.17, 15) is 0 Å². The van der Waals surface area contributed by atoms with Crippen molar-refractivity contribution in [3.8, 4) is 0 Å². The van der Waals surface area contributed by atoms with Crippen molar-refractivity contribution >= 4 is 16.9 Å². The molecule has 0 aliphatic carbocycles. The number of aromatic nitrogens is 4. The lowest BCUT2D eigenvalue weighted by atomic mass is 10.3. The minimum atomic E-state index is 0.584. The van der Waals surface area contributed by atoms with E-state index in [0.717, 1.165) is 16.9 Å². The topological polar surface area (TPSA) is 56.9 Å². The molecule has 0 spiro atoms. The number of fused-ring (bicyclic) bond motifs is 1. The van der Waals surface area contributed by atoms with Crippen molar-refractivity contribution < 1.29 is 4.98 Å². The van der Waals surface area contributed by atoms with Gasteiger partial charge in [-0.05, 0) is 18.2 Å². The number of hydrogen-bond donors (Lipinski definition) is 1. The number of benzene rings is 1. The van der Waals surface area contributed by atoms with Gasteiger partial charge in [-0.15, -0.1) is 5.10 Å². The lowest BCUT2D eigenvalue weighted by Crippen LogP contribution is -2.16. The molecule has 0 aliphatic heterocycles. The zero-order chi connectivity index (χ0) is 11.5. The van der Waals surface area contributed by atoms with Gasteiger partial charge in [0.15, 0.2) is 6.67 Å². The van der Waals surface area contributed by atoms with E-state index in [1.54, 1.807) is 0 Å². The Labute approximate surface area is 98.1 Å².